The van der Waals surface area contributed by atoms with Gasteiger partial charge in [0.15, 0.2) is 0 Å². The molecule has 0 saturated carbocycles. The van der Waals surface area contributed by atoms with E-state index in [2.05, 4.69) is 227 Å². The predicted molar refractivity (Wildman–Crippen MR) is 259 cm³/mol. The fraction of sp³-hybridized carbons (Fsp3) is 0.0526. The number of para-hydroxylation sites is 4. The molecule has 0 spiro atoms. The highest BCUT2D eigenvalue weighted by atomic mass is 15.0. The molecule has 13 rings (SSSR count). The Labute approximate surface area is 352 Å². The van der Waals surface area contributed by atoms with Gasteiger partial charge in [-0.25, -0.2) is 0 Å². The van der Waals surface area contributed by atoms with Crippen LogP contribution in [0.5, 0.6) is 0 Å². The molecule has 0 aliphatic rings. The van der Waals surface area contributed by atoms with Crippen molar-refractivity contribution in [2.24, 2.45) is 14.1 Å². The first kappa shape index (κ1) is 34.1. The van der Waals surface area contributed by atoms with Gasteiger partial charge in [-0.1, -0.05) is 127 Å². The Morgan fingerprint density at radius 2 is 0.869 bits per heavy atom. The highest BCUT2D eigenvalue weighted by molar-refractivity contribution is 6.29. The Hall–Kier alpha value is -7.82. The van der Waals surface area contributed by atoms with Crippen LogP contribution in [0.3, 0.4) is 0 Å². The molecule has 9 aromatic carbocycles. The minimum atomic E-state index is 1.14. The van der Waals surface area contributed by atoms with Gasteiger partial charge in [-0.15, -0.1) is 0 Å². The molecule has 0 N–H and O–H groups in total. The number of aromatic nitrogens is 4. The summed E-state index contributed by atoms with van der Waals surface area (Å²) >= 11 is 0. The van der Waals surface area contributed by atoms with Crippen molar-refractivity contribution in [3.8, 4) is 33.6 Å². The Bertz CT molecular complexity index is 3940. The quantitative estimate of drug-likeness (QED) is 0.169. The van der Waals surface area contributed by atoms with Gasteiger partial charge in [0.05, 0.1) is 33.1 Å². The van der Waals surface area contributed by atoms with Crippen LogP contribution in [-0.2, 0) is 14.1 Å². The molecule has 0 bridgehead atoms. The van der Waals surface area contributed by atoms with Gasteiger partial charge >= 0.3 is 0 Å². The minimum Gasteiger partial charge on any atom is -0.343 e. The van der Waals surface area contributed by atoms with Crippen molar-refractivity contribution in [2.45, 2.75) is 6.92 Å². The SMILES string of the molecule is Cc1ccccc1-c1ccc2c(c1)c1ccc3c4ccccc4n(C)c3c1n2-c1ccc(-c2cc3c(c4ccccc4n3-c3ccccc3)c3c2c2ccccc2n3C)cc1. The normalized spacial score (nSPS) is 12.2. The van der Waals surface area contributed by atoms with Crippen LogP contribution in [0.2, 0.25) is 0 Å². The number of hydrogen-bond acceptors (Lipinski definition) is 0. The van der Waals surface area contributed by atoms with Crippen molar-refractivity contribution in [1.82, 2.24) is 18.3 Å². The van der Waals surface area contributed by atoms with E-state index in [1.807, 2.05) is 0 Å². The van der Waals surface area contributed by atoms with Gasteiger partial charge in [-0.2, -0.15) is 0 Å². The van der Waals surface area contributed by atoms with Crippen LogP contribution < -0.4 is 0 Å². The van der Waals surface area contributed by atoms with Crippen LogP contribution in [0.25, 0.3) is 121 Å². The number of aryl methyl sites for hydroxylation is 3. The summed E-state index contributed by atoms with van der Waals surface area (Å²) in [6.45, 7) is 2.20. The lowest BCUT2D eigenvalue weighted by molar-refractivity contribution is 1.01. The molecule has 0 saturated heterocycles. The summed E-state index contributed by atoms with van der Waals surface area (Å²) in [5.74, 6) is 0. The number of rotatable bonds is 4. The van der Waals surface area contributed by atoms with Crippen molar-refractivity contribution in [3.63, 3.8) is 0 Å². The number of nitrogens with zero attached hydrogens (tertiary/aromatic N) is 4. The maximum Gasteiger partial charge on any atom is 0.0785 e. The molecule has 61 heavy (non-hydrogen) atoms. The molecule has 4 heterocycles. The zero-order valence-electron chi connectivity index (χ0n) is 34.2. The third-order valence-electron chi connectivity index (χ3n) is 13.5. The molecule has 288 valence electrons. The van der Waals surface area contributed by atoms with Crippen LogP contribution >= 0.6 is 0 Å². The summed E-state index contributed by atoms with van der Waals surface area (Å²) in [6.07, 6.45) is 0. The Morgan fingerprint density at radius 1 is 0.311 bits per heavy atom. The number of hydrogen-bond donors (Lipinski definition) is 0. The van der Waals surface area contributed by atoms with E-state index in [1.54, 1.807) is 0 Å². The lowest BCUT2D eigenvalue weighted by Crippen LogP contribution is -1.97. The Kier molecular flexibility index (Phi) is 7.04. The van der Waals surface area contributed by atoms with Crippen LogP contribution in [0.1, 0.15) is 5.56 Å². The molecule has 0 atom stereocenters. The van der Waals surface area contributed by atoms with E-state index < -0.39 is 0 Å². The molecular weight excluding hydrogens is 741 g/mol. The predicted octanol–water partition coefficient (Wildman–Crippen LogP) is 14.8. The standard InChI is InChI=1S/C57H40N4/c1-35-15-7-8-18-40(35)37-27-32-51-47(33-37)43-31-30-42-41-19-9-12-22-48(41)58(2)55(42)56(43)61(51)39-28-25-36(26-29-39)46-34-52-54(57-53(46)44-20-10-13-23-49(44)59(57)3)45-21-11-14-24-50(45)60(52)38-16-5-4-6-17-38/h4-34H,1-3H3. The second-order valence-electron chi connectivity index (χ2n) is 16.7. The highest BCUT2D eigenvalue weighted by Gasteiger charge is 2.24. The third kappa shape index (κ3) is 4.65. The summed E-state index contributed by atoms with van der Waals surface area (Å²) in [4.78, 5) is 0. The van der Waals surface area contributed by atoms with Crippen LogP contribution in [0.4, 0.5) is 0 Å². The maximum atomic E-state index is 2.50. The largest absolute Gasteiger partial charge is 0.343 e. The molecular formula is C57H40N4. The lowest BCUT2D eigenvalue weighted by Gasteiger charge is -2.13. The molecule has 0 aliphatic heterocycles. The zero-order chi connectivity index (χ0) is 40.5. The molecule has 4 heteroatoms. The Balaban J connectivity index is 1.10. The summed E-state index contributed by atoms with van der Waals surface area (Å²) in [5, 5.41) is 10.1. The van der Waals surface area contributed by atoms with E-state index in [-0.39, 0.29) is 0 Å². The first-order chi connectivity index (χ1) is 30.0. The van der Waals surface area contributed by atoms with Crippen LogP contribution in [0.15, 0.2) is 188 Å². The van der Waals surface area contributed by atoms with Gasteiger partial charge in [0, 0.05) is 79.6 Å². The summed E-state index contributed by atoms with van der Waals surface area (Å²) in [7, 11) is 4.44. The topological polar surface area (TPSA) is 19.7 Å². The van der Waals surface area contributed by atoms with Gasteiger partial charge in [-0.05, 0) is 95.4 Å². The smallest absolute Gasteiger partial charge is 0.0785 e. The van der Waals surface area contributed by atoms with Crippen molar-refractivity contribution < 1.29 is 0 Å². The first-order valence-corrected chi connectivity index (χ1v) is 21.1. The molecule has 0 fully saturated rings. The summed E-state index contributed by atoms with van der Waals surface area (Å²) < 4.78 is 9.74. The summed E-state index contributed by atoms with van der Waals surface area (Å²) in [5.41, 5.74) is 18.3. The molecule has 4 nitrogen and oxygen atoms in total. The van der Waals surface area contributed by atoms with E-state index >= 15 is 0 Å². The minimum absolute atomic E-state index is 1.14. The molecule has 0 unspecified atom stereocenters. The fourth-order valence-electron chi connectivity index (χ4n) is 10.8. The fourth-order valence-corrected chi connectivity index (χ4v) is 10.8. The third-order valence-corrected chi connectivity index (χ3v) is 13.5. The van der Waals surface area contributed by atoms with Gasteiger partial charge in [0.1, 0.15) is 0 Å². The molecule has 0 aliphatic carbocycles. The van der Waals surface area contributed by atoms with Crippen molar-refractivity contribution in [3.05, 3.63) is 194 Å². The van der Waals surface area contributed by atoms with E-state index in [9.17, 15) is 0 Å². The van der Waals surface area contributed by atoms with E-state index in [4.69, 9.17) is 0 Å². The van der Waals surface area contributed by atoms with Gasteiger partial charge < -0.3 is 18.3 Å². The van der Waals surface area contributed by atoms with Gasteiger partial charge in [-0.3, -0.25) is 0 Å². The first-order valence-electron chi connectivity index (χ1n) is 21.1. The van der Waals surface area contributed by atoms with Crippen molar-refractivity contribution >= 4 is 87.2 Å². The second kappa shape index (κ2) is 12.6. The van der Waals surface area contributed by atoms with E-state index in [0.717, 1.165) is 11.4 Å². The maximum absolute atomic E-state index is 2.50. The van der Waals surface area contributed by atoms with E-state index in [1.165, 1.54) is 115 Å². The van der Waals surface area contributed by atoms with Crippen LogP contribution in [0, 0.1) is 6.92 Å². The van der Waals surface area contributed by atoms with Crippen molar-refractivity contribution in [1.29, 1.82) is 0 Å². The molecule has 0 amide bonds. The molecule has 4 aromatic heterocycles. The molecule has 13 aromatic rings. The molecule has 0 radical (unpaired) electrons. The monoisotopic (exact) mass is 780 g/mol. The van der Waals surface area contributed by atoms with Gasteiger partial charge in [0.2, 0.25) is 0 Å². The number of benzene rings is 9. The average Bonchev–Trinajstić information content (AvgIpc) is 4.01. The van der Waals surface area contributed by atoms with Gasteiger partial charge in [0.25, 0.3) is 0 Å². The summed E-state index contributed by atoms with van der Waals surface area (Å²) in [6, 6.07) is 69.5. The average molecular weight is 781 g/mol. The Morgan fingerprint density at radius 3 is 1.62 bits per heavy atom. The zero-order valence-corrected chi connectivity index (χ0v) is 34.2. The van der Waals surface area contributed by atoms with Crippen molar-refractivity contribution in [2.75, 3.05) is 0 Å². The lowest BCUT2D eigenvalue weighted by atomic mass is 9.96. The van der Waals surface area contributed by atoms with E-state index in [0.29, 0.717) is 0 Å². The van der Waals surface area contributed by atoms with Crippen LogP contribution in [-0.4, -0.2) is 18.3 Å². The highest BCUT2D eigenvalue weighted by Crippen LogP contribution is 2.46. The second-order valence-corrected chi connectivity index (χ2v) is 16.7. The number of fused-ring (bicyclic) bond motifs is 14.